The first kappa shape index (κ1) is 13.0. The van der Waals surface area contributed by atoms with Crippen LogP contribution in [0.4, 0.5) is 11.5 Å². The van der Waals surface area contributed by atoms with Crippen molar-refractivity contribution in [3.05, 3.63) is 47.0 Å². The van der Waals surface area contributed by atoms with Crippen molar-refractivity contribution in [2.75, 3.05) is 11.5 Å². The molecule has 1 aromatic heterocycles. The Balaban J connectivity index is 1.98. The van der Waals surface area contributed by atoms with Crippen LogP contribution in [0.5, 0.6) is 11.6 Å². The highest BCUT2D eigenvalue weighted by Gasteiger charge is 2.13. The summed E-state index contributed by atoms with van der Waals surface area (Å²) in [5.41, 5.74) is 14.3. The van der Waals surface area contributed by atoms with Crippen molar-refractivity contribution < 1.29 is 4.74 Å². The van der Waals surface area contributed by atoms with Crippen molar-refractivity contribution in [3.63, 3.8) is 0 Å². The van der Waals surface area contributed by atoms with Gasteiger partial charge in [-0.2, -0.15) is 10.2 Å². The van der Waals surface area contributed by atoms with Crippen molar-refractivity contribution in [3.8, 4) is 17.7 Å². The lowest BCUT2D eigenvalue weighted by molar-refractivity contribution is 0.462. The monoisotopic (exact) mass is 278 g/mol. The highest BCUT2D eigenvalue weighted by atomic mass is 16.5. The number of aryl methyl sites for hydroxylation is 1. The Morgan fingerprint density at radius 2 is 2.10 bits per heavy atom. The molecule has 3 rings (SSSR count). The van der Waals surface area contributed by atoms with Gasteiger partial charge < -0.3 is 16.2 Å². The first-order valence-electron chi connectivity index (χ1n) is 6.61. The molecule has 1 aromatic carbocycles. The molecular formula is C16H14N4O. The minimum absolute atomic E-state index is 0.140. The number of nitrogens with two attached hydrogens (primary N) is 2. The van der Waals surface area contributed by atoms with E-state index in [9.17, 15) is 0 Å². The van der Waals surface area contributed by atoms with Crippen LogP contribution in [0.1, 0.15) is 23.1 Å². The van der Waals surface area contributed by atoms with Gasteiger partial charge in [-0.05, 0) is 36.1 Å². The van der Waals surface area contributed by atoms with Gasteiger partial charge in [0.2, 0.25) is 5.88 Å². The van der Waals surface area contributed by atoms with Crippen LogP contribution < -0.4 is 16.2 Å². The van der Waals surface area contributed by atoms with Crippen LogP contribution in [0.15, 0.2) is 30.3 Å². The number of hydrogen-bond acceptors (Lipinski definition) is 5. The predicted octanol–water partition coefficient (Wildman–Crippen LogP) is 2.87. The van der Waals surface area contributed by atoms with Crippen molar-refractivity contribution in [2.24, 2.45) is 0 Å². The lowest BCUT2D eigenvalue weighted by atomic mass is 9.97. The zero-order valence-corrected chi connectivity index (χ0v) is 11.3. The summed E-state index contributed by atoms with van der Waals surface area (Å²) in [6, 6.07) is 9.23. The molecule has 21 heavy (non-hydrogen) atoms. The van der Waals surface area contributed by atoms with E-state index in [0.29, 0.717) is 5.75 Å². The molecule has 0 bridgehead atoms. The minimum Gasteiger partial charge on any atom is -0.438 e. The third-order valence-electron chi connectivity index (χ3n) is 3.36. The van der Waals surface area contributed by atoms with Gasteiger partial charge in [0.05, 0.1) is 5.69 Å². The number of aromatic nitrogens is 1. The lowest BCUT2D eigenvalue weighted by Gasteiger charge is -2.13. The van der Waals surface area contributed by atoms with Crippen LogP contribution in [0.25, 0.3) is 6.08 Å². The second-order valence-electron chi connectivity index (χ2n) is 4.83. The third kappa shape index (κ3) is 2.51. The molecule has 5 heteroatoms. The number of nitrogen functional groups attached to an aromatic ring is 2. The van der Waals surface area contributed by atoms with Gasteiger partial charge in [0, 0.05) is 6.07 Å². The average molecular weight is 278 g/mol. The number of ether oxygens (including phenoxy) is 1. The molecule has 0 spiro atoms. The standard InChI is InChI=1S/C16H14N4O/c17-9-13-14(18)8-15(19)20-16(13)21-12-6-5-10-3-1-2-4-11(10)7-12/h1,3,5-8H,2,4H2,(H4,18,19,20). The van der Waals surface area contributed by atoms with Crippen LogP contribution >= 0.6 is 0 Å². The Labute approximate surface area is 122 Å². The van der Waals surface area contributed by atoms with Crippen LogP contribution in [-0.4, -0.2) is 4.98 Å². The quantitative estimate of drug-likeness (QED) is 0.880. The summed E-state index contributed by atoms with van der Waals surface area (Å²) in [7, 11) is 0. The molecule has 1 heterocycles. The van der Waals surface area contributed by atoms with Gasteiger partial charge in [-0.15, -0.1) is 0 Å². The van der Waals surface area contributed by atoms with Crippen molar-refractivity contribution in [1.29, 1.82) is 5.26 Å². The summed E-state index contributed by atoms with van der Waals surface area (Å²) in [5.74, 6) is 0.988. The maximum atomic E-state index is 9.16. The number of hydrogen-bond donors (Lipinski definition) is 2. The number of allylic oxidation sites excluding steroid dienone is 1. The molecular weight excluding hydrogens is 264 g/mol. The highest BCUT2D eigenvalue weighted by Crippen LogP contribution is 2.30. The number of anilines is 2. The number of nitriles is 1. The first-order chi connectivity index (χ1) is 10.2. The highest BCUT2D eigenvalue weighted by molar-refractivity contribution is 5.64. The normalized spacial score (nSPS) is 12.5. The van der Waals surface area contributed by atoms with E-state index in [1.165, 1.54) is 17.2 Å². The average Bonchev–Trinajstić information content (AvgIpc) is 2.47. The summed E-state index contributed by atoms with van der Waals surface area (Å²) < 4.78 is 5.71. The molecule has 1 aliphatic carbocycles. The maximum Gasteiger partial charge on any atom is 0.241 e. The minimum atomic E-state index is 0.140. The van der Waals surface area contributed by atoms with E-state index in [4.69, 9.17) is 21.5 Å². The molecule has 5 nitrogen and oxygen atoms in total. The van der Waals surface area contributed by atoms with Crippen molar-refractivity contribution >= 4 is 17.6 Å². The molecule has 1 aliphatic rings. The van der Waals surface area contributed by atoms with Gasteiger partial charge in [-0.3, -0.25) is 0 Å². The van der Waals surface area contributed by atoms with E-state index >= 15 is 0 Å². The molecule has 2 aromatic rings. The van der Waals surface area contributed by atoms with Crippen molar-refractivity contribution in [2.45, 2.75) is 12.8 Å². The summed E-state index contributed by atoms with van der Waals surface area (Å²) in [5, 5.41) is 9.16. The fourth-order valence-electron chi connectivity index (χ4n) is 2.33. The number of rotatable bonds is 2. The first-order valence-corrected chi connectivity index (χ1v) is 6.61. The summed E-state index contributed by atoms with van der Waals surface area (Å²) in [6.45, 7) is 0. The fraction of sp³-hybridized carbons (Fsp3) is 0.125. The predicted molar refractivity (Wildman–Crippen MR) is 81.6 cm³/mol. The molecule has 0 radical (unpaired) electrons. The Bertz CT molecular complexity index is 775. The van der Waals surface area contributed by atoms with Crippen LogP contribution in [0.3, 0.4) is 0 Å². The van der Waals surface area contributed by atoms with Gasteiger partial charge in [-0.25, -0.2) is 0 Å². The molecule has 0 atom stereocenters. The van der Waals surface area contributed by atoms with Gasteiger partial charge in [0.15, 0.2) is 0 Å². The van der Waals surface area contributed by atoms with Crippen LogP contribution in [0, 0.1) is 11.3 Å². The molecule has 0 saturated heterocycles. The lowest BCUT2D eigenvalue weighted by Crippen LogP contribution is -2.02. The molecule has 0 fully saturated rings. The number of benzene rings is 1. The fourth-order valence-corrected chi connectivity index (χ4v) is 2.33. The van der Waals surface area contributed by atoms with Gasteiger partial charge in [0.1, 0.15) is 23.2 Å². The Morgan fingerprint density at radius 3 is 2.90 bits per heavy atom. The Kier molecular flexibility index (Phi) is 3.20. The second-order valence-corrected chi connectivity index (χ2v) is 4.83. The molecule has 0 aliphatic heterocycles. The molecule has 104 valence electrons. The Hall–Kier alpha value is -3.00. The van der Waals surface area contributed by atoms with E-state index in [0.717, 1.165) is 12.8 Å². The number of nitrogens with zero attached hydrogens (tertiary/aromatic N) is 2. The summed E-state index contributed by atoms with van der Waals surface area (Å²) in [4.78, 5) is 4.05. The van der Waals surface area contributed by atoms with E-state index in [2.05, 4.69) is 17.1 Å². The smallest absolute Gasteiger partial charge is 0.241 e. The zero-order valence-electron chi connectivity index (χ0n) is 11.3. The summed E-state index contributed by atoms with van der Waals surface area (Å²) in [6.07, 6.45) is 6.24. The van der Waals surface area contributed by atoms with E-state index in [1.54, 1.807) is 0 Å². The SMILES string of the molecule is N#Cc1c(N)cc(N)nc1Oc1ccc2c(c1)CCC=C2. The molecule has 0 amide bonds. The van der Waals surface area contributed by atoms with E-state index in [-0.39, 0.29) is 22.9 Å². The third-order valence-corrected chi connectivity index (χ3v) is 3.36. The maximum absolute atomic E-state index is 9.16. The van der Waals surface area contributed by atoms with Gasteiger partial charge in [0.25, 0.3) is 0 Å². The van der Waals surface area contributed by atoms with Gasteiger partial charge in [-0.1, -0.05) is 18.2 Å². The molecule has 0 unspecified atom stereocenters. The largest absolute Gasteiger partial charge is 0.438 e. The molecule has 0 saturated carbocycles. The second kappa shape index (κ2) is 5.17. The Morgan fingerprint density at radius 1 is 1.24 bits per heavy atom. The van der Waals surface area contributed by atoms with Crippen LogP contribution in [0.2, 0.25) is 0 Å². The topological polar surface area (TPSA) is 98.0 Å². The summed E-state index contributed by atoms with van der Waals surface area (Å²) >= 11 is 0. The van der Waals surface area contributed by atoms with Gasteiger partial charge >= 0.3 is 0 Å². The van der Waals surface area contributed by atoms with E-state index < -0.39 is 0 Å². The van der Waals surface area contributed by atoms with E-state index in [1.807, 2.05) is 24.3 Å². The number of pyridine rings is 1. The van der Waals surface area contributed by atoms with Crippen molar-refractivity contribution in [1.82, 2.24) is 4.98 Å². The molecule has 4 N–H and O–H groups in total. The van der Waals surface area contributed by atoms with Crippen LogP contribution in [-0.2, 0) is 6.42 Å². The number of fused-ring (bicyclic) bond motifs is 1. The zero-order chi connectivity index (χ0) is 14.8.